The average molecular weight is 278 g/mol. The van der Waals surface area contributed by atoms with E-state index in [9.17, 15) is 4.39 Å². The Morgan fingerprint density at radius 2 is 1.63 bits per heavy atom. The first-order valence-corrected chi connectivity index (χ1v) is 6.56. The van der Waals surface area contributed by atoms with E-state index in [2.05, 4.69) is 19.1 Å². The van der Waals surface area contributed by atoms with Gasteiger partial charge in [0, 0.05) is 0 Å². The van der Waals surface area contributed by atoms with Gasteiger partial charge in [-0.15, -0.1) is 0 Å². The molecule has 0 radical (unpaired) electrons. The van der Waals surface area contributed by atoms with E-state index in [-0.39, 0.29) is 11.1 Å². The molecule has 0 heterocycles. The van der Waals surface area contributed by atoms with Gasteiger partial charge in [0.05, 0.1) is 11.1 Å². The Morgan fingerprint density at radius 3 is 2.16 bits per heavy atom. The molecular weight excluding hydrogens is 261 g/mol. The fraction of sp³-hybridized carbons (Fsp3) is 0.250. The number of nitrogens with two attached hydrogens (primary N) is 1. The van der Waals surface area contributed by atoms with Crippen molar-refractivity contribution in [1.82, 2.24) is 0 Å². The second-order valence-corrected chi connectivity index (χ2v) is 5.37. The van der Waals surface area contributed by atoms with Crippen LogP contribution in [0.25, 0.3) is 0 Å². The Morgan fingerprint density at radius 1 is 1.05 bits per heavy atom. The maximum Gasteiger partial charge on any atom is 0.142 e. The van der Waals surface area contributed by atoms with Crippen LogP contribution in [0.5, 0.6) is 0 Å². The molecule has 0 aliphatic heterocycles. The van der Waals surface area contributed by atoms with Crippen molar-refractivity contribution in [3.05, 3.63) is 69.0 Å². The standard InChI is InChI=1S/C16H17ClFN/c1-9-6-10(2)15(11(3)7-9)16(19)12-4-5-13(17)14(18)8-12/h4-8,16H,19H2,1-3H3. The van der Waals surface area contributed by atoms with Crippen LogP contribution in [-0.4, -0.2) is 0 Å². The second-order valence-electron chi connectivity index (χ2n) is 4.96. The molecule has 1 unspecified atom stereocenters. The molecule has 2 N–H and O–H groups in total. The van der Waals surface area contributed by atoms with Crippen molar-refractivity contribution in [2.75, 3.05) is 0 Å². The first-order valence-electron chi connectivity index (χ1n) is 6.18. The summed E-state index contributed by atoms with van der Waals surface area (Å²) in [6, 6.07) is 8.57. The molecule has 1 nitrogen and oxygen atoms in total. The Balaban J connectivity index is 2.49. The third-order valence-corrected chi connectivity index (χ3v) is 3.66. The molecule has 2 aromatic carbocycles. The van der Waals surface area contributed by atoms with E-state index >= 15 is 0 Å². The summed E-state index contributed by atoms with van der Waals surface area (Å²) in [5.74, 6) is -0.433. The minimum atomic E-state index is -0.433. The van der Waals surface area contributed by atoms with Gasteiger partial charge in [-0.1, -0.05) is 35.4 Å². The highest BCUT2D eigenvalue weighted by Gasteiger charge is 2.15. The van der Waals surface area contributed by atoms with Crippen LogP contribution in [0.1, 0.15) is 33.9 Å². The lowest BCUT2D eigenvalue weighted by Gasteiger charge is -2.19. The molecule has 100 valence electrons. The molecule has 0 saturated carbocycles. The summed E-state index contributed by atoms with van der Waals surface area (Å²) in [5.41, 5.74) is 11.5. The van der Waals surface area contributed by atoms with Crippen LogP contribution in [0, 0.1) is 26.6 Å². The quantitative estimate of drug-likeness (QED) is 0.862. The number of halogens is 2. The number of benzene rings is 2. The van der Waals surface area contributed by atoms with Crippen LogP contribution in [0.3, 0.4) is 0 Å². The number of hydrogen-bond donors (Lipinski definition) is 1. The average Bonchev–Trinajstić information content (AvgIpc) is 2.31. The maximum atomic E-state index is 13.5. The van der Waals surface area contributed by atoms with Crippen LogP contribution in [0.2, 0.25) is 5.02 Å². The summed E-state index contributed by atoms with van der Waals surface area (Å²) in [4.78, 5) is 0. The fourth-order valence-corrected chi connectivity index (χ4v) is 2.67. The first-order chi connectivity index (χ1) is 8.90. The third-order valence-electron chi connectivity index (χ3n) is 3.35. The predicted octanol–water partition coefficient (Wildman–Crippen LogP) is 4.45. The summed E-state index contributed by atoms with van der Waals surface area (Å²) in [7, 11) is 0. The fourth-order valence-electron chi connectivity index (χ4n) is 2.55. The van der Waals surface area contributed by atoms with E-state index in [0.29, 0.717) is 0 Å². The monoisotopic (exact) mass is 277 g/mol. The van der Waals surface area contributed by atoms with Crippen molar-refractivity contribution in [3.8, 4) is 0 Å². The lowest BCUT2D eigenvalue weighted by atomic mass is 9.90. The summed E-state index contributed by atoms with van der Waals surface area (Å²) in [6.45, 7) is 6.11. The normalized spacial score (nSPS) is 12.5. The molecule has 0 spiro atoms. The Hall–Kier alpha value is -1.38. The van der Waals surface area contributed by atoms with Gasteiger partial charge in [-0.3, -0.25) is 0 Å². The molecule has 2 aromatic rings. The summed E-state index contributed by atoms with van der Waals surface area (Å²) < 4.78 is 13.5. The van der Waals surface area contributed by atoms with E-state index in [4.69, 9.17) is 17.3 Å². The zero-order valence-corrected chi connectivity index (χ0v) is 12.1. The minimum absolute atomic E-state index is 0.119. The van der Waals surface area contributed by atoms with Crippen molar-refractivity contribution >= 4 is 11.6 Å². The van der Waals surface area contributed by atoms with Crippen molar-refractivity contribution in [1.29, 1.82) is 0 Å². The topological polar surface area (TPSA) is 26.0 Å². The lowest BCUT2D eigenvalue weighted by molar-refractivity contribution is 0.624. The van der Waals surface area contributed by atoms with Crippen LogP contribution in [0.15, 0.2) is 30.3 Å². The van der Waals surface area contributed by atoms with Gasteiger partial charge in [-0.05, 0) is 55.2 Å². The highest BCUT2D eigenvalue weighted by molar-refractivity contribution is 6.30. The molecule has 0 aromatic heterocycles. The summed E-state index contributed by atoms with van der Waals surface area (Å²) >= 11 is 5.70. The smallest absolute Gasteiger partial charge is 0.142 e. The molecular formula is C16H17ClFN. The van der Waals surface area contributed by atoms with Crippen molar-refractivity contribution in [3.63, 3.8) is 0 Å². The highest BCUT2D eigenvalue weighted by Crippen LogP contribution is 2.28. The van der Waals surface area contributed by atoms with Crippen LogP contribution < -0.4 is 5.73 Å². The summed E-state index contributed by atoms with van der Waals surface area (Å²) in [6.07, 6.45) is 0. The lowest BCUT2D eigenvalue weighted by Crippen LogP contribution is -2.15. The molecule has 2 rings (SSSR count). The Labute approximate surface area is 118 Å². The van der Waals surface area contributed by atoms with Gasteiger partial charge in [-0.2, -0.15) is 0 Å². The molecule has 0 aliphatic rings. The second kappa shape index (κ2) is 5.32. The molecule has 0 bridgehead atoms. The van der Waals surface area contributed by atoms with Crippen molar-refractivity contribution in [2.24, 2.45) is 5.73 Å². The molecule has 0 amide bonds. The van der Waals surface area contributed by atoms with Gasteiger partial charge in [0.2, 0.25) is 0 Å². The van der Waals surface area contributed by atoms with E-state index in [1.54, 1.807) is 12.1 Å². The van der Waals surface area contributed by atoms with Crippen molar-refractivity contribution in [2.45, 2.75) is 26.8 Å². The SMILES string of the molecule is Cc1cc(C)c(C(N)c2ccc(Cl)c(F)c2)c(C)c1. The number of rotatable bonds is 2. The van der Waals surface area contributed by atoms with E-state index in [1.807, 2.05) is 13.8 Å². The van der Waals surface area contributed by atoms with Gasteiger partial charge in [0.15, 0.2) is 0 Å². The van der Waals surface area contributed by atoms with Gasteiger partial charge in [-0.25, -0.2) is 4.39 Å². The molecule has 1 atom stereocenters. The van der Waals surface area contributed by atoms with Gasteiger partial charge >= 0.3 is 0 Å². The molecule has 0 saturated heterocycles. The Kier molecular flexibility index (Phi) is 3.93. The van der Waals surface area contributed by atoms with Crippen LogP contribution in [-0.2, 0) is 0 Å². The largest absolute Gasteiger partial charge is 0.320 e. The third kappa shape index (κ3) is 2.80. The Bertz CT molecular complexity index is 599. The van der Waals surface area contributed by atoms with E-state index < -0.39 is 5.82 Å². The minimum Gasteiger partial charge on any atom is -0.320 e. The molecule has 3 heteroatoms. The number of hydrogen-bond acceptors (Lipinski definition) is 1. The van der Waals surface area contributed by atoms with E-state index in [0.717, 1.165) is 22.3 Å². The molecule has 0 fully saturated rings. The highest BCUT2D eigenvalue weighted by atomic mass is 35.5. The van der Waals surface area contributed by atoms with Crippen LogP contribution >= 0.6 is 11.6 Å². The molecule has 19 heavy (non-hydrogen) atoms. The predicted molar refractivity (Wildman–Crippen MR) is 78.1 cm³/mol. The maximum absolute atomic E-state index is 13.5. The van der Waals surface area contributed by atoms with Crippen molar-refractivity contribution < 1.29 is 4.39 Å². The van der Waals surface area contributed by atoms with Gasteiger partial charge in [0.1, 0.15) is 5.82 Å². The van der Waals surface area contributed by atoms with Gasteiger partial charge < -0.3 is 5.73 Å². The number of aryl methyl sites for hydroxylation is 3. The zero-order chi connectivity index (χ0) is 14.2. The first kappa shape index (κ1) is 14.0. The zero-order valence-electron chi connectivity index (χ0n) is 11.3. The van der Waals surface area contributed by atoms with Gasteiger partial charge in [0.25, 0.3) is 0 Å². The molecule has 0 aliphatic carbocycles. The van der Waals surface area contributed by atoms with Crippen LogP contribution in [0.4, 0.5) is 4.39 Å². The summed E-state index contributed by atoms with van der Waals surface area (Å²) in [5, 5.41) is 0.119. The van der Waals surface area contributed by atoms with E-state index in [1.165, 1.54) is 11.6 Å².